The molecule has 0 saturated heterocycles. The molecule has 17 heavy (non-hydrogen) atoms. The van der Waals surface area contributed by atoms with E-state index in [2.05, 4.69) is 5.16 Å². The van der Waals surface area contributed by atoms with Gasteiger partial charge < -0.3 is 8.94 Å². The van der Waals surface area contributed by atoms with E-state index < -0.39 is 0 Å². The molecule has 0 atom stereocenters. The lowest BCUT2D eigenvalue weighted by atomic mass is 10.1. The highest BCUT2D eigenvalue weighted by Crippen LogP contribution is 2.31. The van der Waals surface area contributed by atoms with E-state index in [1.807, 2.05) is 49.4 Å². The first kappa shape index (κ1) is 9.90. The number of hydrogen-bond donors (Lipinski definition) is 0. The van der Waals surface area contributed by atoms with Gasteiger partial charge in [-0.2, -0.15) is 0 Å². The molecule has 3 aromatic rings. The summed E-state index contributed by atoms with van der Waals surface area (Å²) in [6.45, 7) is 1.98. The molecule has 1 aromatic carbocycles. The van der Waals surface area contributed by atoms with Crippen molar-refractivity contribution in [1.29, 1.82) is 0 Å². The maximum atomic E-state index is 5.35. The van der Waals surface area contributed by atoms with Crippen molar-refractivity contribution < 1.29 is 8.94 Å². The predicted molar refractivity (Wildman–Crippen MR) is 64.4 cm³/mol. The molecule has 3 nitrogen and oxygen atoms in total. The van der Waals surface area contributed by atoms with Crippen LogP contribution in [0, 0.1) is 6.92 Å². The Morgan fingerprint density at radius 2 is 1.82 bits per heavy atom. The summed E-state index contributed by atoms with van der Waals surface area (Å²) in [4.78, 5) is 0. The van der Waals surface area contributed by atoms with Crippen LogP contribution in [0.15, 0.2) is 57.7 Å². The number of benzene rings is 1. The van der Waals surface area contributed by atoms with E-state index in [0.717, 1.165) is 16.8 Å². The summed E-state index contributed by atoms with van der Waals surface area (Å²) >= 11 is 0. The van der Waals surface area contributed by atoms with Gasteiger partial charge in [-0.15, -0.1) is 0 Å². The third kappa shape index (κ3) is 1.65. The number of hydrogen-bond acceptors (Lipinski definition) is 3. The molecule has 0 aliphatic heterocycles. The minimum atomic E-state index is 0.689. The van der Waals surface area contributed by atoms with Gasteiger partial charge in [-0.1, -0.05) is 35.5 Å². The maximum Gasteiger partial charge on any atom is 0.205 e. The van der Waals surface area contributed by atoms with Crippen LogP contribution in [0.3, 0.4) is 0 Å². The van der Waals surface area contributed by atoms with E-state index in [-0.39, 0.29) is 0 Å². The third-order valence-electron chi connectivity index (χ3n) is 2.72. The van der Waals surface area contributed by atoms with Crippen molar-refractivity contribution >= 4 is 0 Å². The van der Waals surface area contributed by atoms with Crippen molar-refractivity contribution in [2.45, 2.75) is 6.92 Å². The highest BCUT2D eigenvalue weighted by atomic mass is 16.5. The van der Waals surface area contributed by atoms with E-state index in [0.29, 0.717) is 11.5 Å². The molecule has 0 aliphatic carbocycles. The van der Waals surface area contributed by atoms with E-state index in [1.165, 1.54) is 0 Å². The molecule has 0 saturated carbocycles. The second-order valence-electron chi connectivity index (χ2n) is 3.83. The van der Waals surface area contributed by atoms with Gasteiger partial charge in [0.2, 0.25) is 5.76 Å². The fourth-order valence-corrected chi connectivity index (χ4v) is 1.84. The Labute approximate surface area is 98.7 Å². The van der Waals surface area contributed by atoms with Gasteiger partial charge in [0, 0.05) is 11.1 Å². The van der Waals surface area contributed by atoms with Crippen LogP contribution in [0.5, 0.6) is 0 Å². The Hall–Kier alpha value is -2.29. The van der Waals surface area contributed by atoms with Crippen LogP contribution in [0.25, 0.3) is 22.8 Å². The molecule has 0 aliphatic rings. The second-order valence-corrected chi connectivity index (χ2v) is 3.83. The van der Waals surface area contributed by atoms with Crippen LogP contribution in [0.1, 0.15) is 5.56 Å². The van der Waals surface area contributed by atoms with Crippen LogP contribution in [-0.2, 0) is 0 Å². The first-order valence-electron chi connectivity index (χ1n) is 5.42. The first-order valence-corrected chi connectivity index (χ1v) is 5.42. The molecule has 0 radical (unpaired) electrons. The summed E-state index contributed by atoms with van der Waals surface area (Å²) in [6.07, 6.45) is 1.62. The molecule has 2 aromatic heterocycles. The van der Waals surface area contributed by atoms with E-state index in [9.17, 15) is 0 Å². The normalized spacial score (nSPS) is 10.6. The Bertz CT molecular complexity index is 609. The van der Waals surface area contributed by atoms with E-state index >= 15 is 0 Å². The molecule has 3 rings (SSSR count). The summed E-state index contributed by atoms with van der Waals surface area (Å²) < 4.78 is 10.7. The largest absolute Gasteiger partial charge is 0.461 e. The minimum Gasteiger partial charge on any atom is -0.461 e. The Balaban J connectivity index is 2.10. The Morgan fingerprint density at radius 3 is 2.53 bits per heavy atom. The van der Waals surface area contributed by atoms with Crippen LogP contribution >= 0.6 is 0 Å². The van der Waals surface area contributed by atoms with Crippen molar-refractivity contribution in [2.24, 2.45) is 0 Å². The van der Waals surface area contributed by atoms with Crippen molar-refractivity contribution in [3.05, 3.63) is 54.3 Å². The lowest BCUT2D eigenvalue weighted by Gasteiger charge is -1.96. The van der Waals surface area contributed by atoms with Gasteiger partial charge in [0.1, 0.15) is 5.69 Å². The summed E-state index contributed by atoms with van der Waals surface area (Å²) in [5, 5.41) is 4.11. The maximum absolute atomic E-state index is 5.35. The fraction of sp³-hybridized carbons (Fsp3) is 0.0714. The first-order chi connectivity index (χ1) is 8.36. The molecule has 0 unspecified atom stereocenters. The van der Waals surface area contributed by atoms with Crippen LogP contribution < -0.4 is 0 Å². The zero-order valence-corrected chi connectivity index (χ0v) is 9.38. The fourth-order valence-electron chi connectivity index (χ4n) is 1.84. The van der Waals surface area contributed by atoms with Crippen molar-refractivity contribution in [2.75, 3.05) is 0 Å². The highest BCUT2D eigenvalue weighted by molar-refractivity contribution is 5.69. The SMILES string of the molecule is Cc1c(-c2ccccc2)noc1-c1ccco1. The average molecular weight is 225 g/mol. The van der Waals surface area contributed by atoms with E-state index in [4.69, 9.17) is 8.94 Å². The monoisotopic (exact) mass is 225 g/mol. The highest BCUT2D eigenvalue weighted by Gasteiger charge is 2.16. The molecule has 0 bridgehead atoms. The van der Waals surface area contributed by atoms with Gasteiger partial charge in [0.15, 0.2) is 5.76 Å². The third-order valence-corrected chi connectivity index (χ3v) is 2.72. The molecular weight excluding hydrogens is 214 g/mol. The Kier molecular flexibility index (Phi) is 2.29. The lowest BCUT2D eigenvalue weighted by molar-refractivity contribution is 0.419. The molecule has 0 N–H and O–H groups in total. The summed E-state index contributed by atoms with van der Waals surface area (Å²) in [5.74, 6) is 1.39. The van der Waals surface area contributed by atoms with Crippen LogP contribution in [-0.4, -0.2) is 5.16 Å². The van der Waals surface area contributed by atoms with Gasteiger partial charge in [0.25, 0.3) is 0 Å². The van der Waals surface area contributed by atoms with Gasteiger partial charge in [-0.3, -0.25) is 0 Å². The molecule has 2 heterocycles. The molecule has 0 amide bonds. The lowest BCUT2D eigenvalue weighted by Crippen LogP contribution is -1.80. The summed E-state index contributed by atoms with van der Waals surface area (Å²) in [5.41, 5.74) is 2.90. The molecule has 0 spiro atoms. The minimum absolute atomic E-state index is 0.689. The van der Waals surface area contributed by atoms with Gasteiger partial charge in [-0.05, 0) is 19.1 Å². The number of nitrogens with zero attached hydrogens (tertiary/aromatic N) is 1. The number of furan rings is 1. The smallest absolute Gasteiger partial charge is 0.205 e. The van der Waals surface area contributed by atoms with Gasteiger partial charge in [-0.25, -0.2) is 0 Å². The van der Waals surface area contributed by atoms with Crippen molar-refractivity contribution in [1.82, 2.24) is 5.16 Å². The predicted octanol–water partition coefficient (Wildman–Crippen LogP) is 3.91. The molecular formula is C14H11NO2. The summed E-state index contributed by atoms with van der Waals surface area (Å²) in [7, 11) is 0. The average Bonchev–Trinajstić information content (AvgIpc) is 2.99. The zero-order valence-electron chi connectivity index (χ0n) is 9.38. The van der Waals surface area contributed by atoms with Crippen molar-refractivity contribution in [3.63, 3.8) is 0 Å². The molecule has 84 valence electrons. The number of rotatable bonds is 2. The van der Waals surface area contributed by atoms with Gasteiger partial charge >= 0.3 is 0 Å². The van der Waals surface area contributed by atoms with Gasteiger partial charge in [0.05, 0.1) is 6.26 Å². The topological polar surface area (TPSA) is 39.2 Å². The number of aromatic nitrogens is 1. The Morgan fingerprint density at radius 1 is 1.00 bits per heavy atom. The quantitative estimate of drug-likeness (QED) is 0.663. The zero-order chi connectivity index (χ0) is 11.7. The van der Waals surface area contributed by atoms with E-state index in [1.54, 1.807) is 6.26 Å². The standard InChI is InChI=1S/C14H11NO2/c1-10-13(11-6-3-2-4-7-11)15-17-14(10)12-8-5-9-16-12/h2-9H,1H3. The second kappa shape index (κ2) is 3.94. The molecule has 3 heteroatoms. The summed E-state index contributed by atoms with van der Waals surface area (Å²) in [6, 6.07) is 13.7. The van der Waals surface area contributed by atoms with Crippen LogP contribution in [0.2, 0.25) is 0 Å². The van der Waals surface area contributed by atoms with Crippen molar-refractivity contribution in [3.8, 4) is 22.8 Å². The van der Waals surface area contributed by atoms with Crippen LogP contribution in [0.4, 0.5) is 0 Å². The molecule has 0 fully saturated rings.